The van der Waals surface area contributed by atoms with Crippen LogP contribution < -0.4 is 21.9 Å². The van der Waals surface area contributed by atoms with Gasteiger partial charge in [-0.2, -0.15) is 13.2 Å². The molecular formula is C12H18F3N5O. The summed E-state index contributed by atoms with van der Waals surface area (Å²) in [6, 6.07) is 1.68. The lowest BCUT2D eigenvalue weighted by Gasteiger charge is -2.13. The standard InChI is InChI=1S/C12H18F3N5O/c1-7(2)18-11(21)3-4-17-9-5-8(12(13,14)15)6-10(19-9)20-16/h5-7H,3-4,16H2,1-2H3,(H,18,21)(H2,17,19,20). The van der Waals surface area contributed by atoms with Gasteiger partial charge in [-0.15, -0.1) is 0 Å². The number of amides is 1. The number of alkyl halides is 3. The number of carbonyl (C=O) groups is 1. The SMILES string of the molecule is CC(C)NC(=O)CCNc1cc(C(F)(F)F)cc(NN)n1. The number of hydrazine groups is 1. The van der Waals surface area contributed by atoms with Crippen molar-refractivity contribution in [1.82, 2.24) is 10.3 Å². The lowest BCUT2D eigenvalue weighted by atomic mass is 10.2. The highest BCUT2D eigenvalue weighted by molar-refractivity contribution is 5.76. The third kappa shape index (κ3) is 5.86. The van der Waals surface area contributed by atoms with Crippen molar-refractivity contribution in [3.63, 3.8) is 0 Å². The largest absolute Gasteiger partial charge is 0.416 e. The number of pyridine rings is 1. The molecular weight excluding hydrogens is 287 g/mol. The Hall–Kier alpha value is -2.03. The molecule has 0 aliphatic rings. The second-order valence-corrected chi connectivity index (χ2v) is 4.67. The Morgan fingerprint density at radius 3 is 2.48 bits per heavy atom. The van der Waals surface area contributed by atoms with Crippen molar-refractivity contribution in [2.24, 2.45) is 5.84 Å². The monoisotopic (exact) mass is 305 g/mol. The number of aromatic nitrogens is 1. The van der Waals surface area contributed by atoms with Crippen molar-refractivity contribution in [3.05, 3.63) is 17.7 Å². The summed E-state index contributed by atoms with van der Waals surface area (Å²) in [5.41, 5.74) is 1.20. The van der Waals surface area contributed by atoms with Gasteiger partial charge in [0.1, 0.15) is 11.6 Å². The van der Waals surface area contributed by atoms with Crippen molar-refractivity contribution in [3.8, 4) is 0 Å². The van der Waals surface area contributed by atoms with Crippen LogP contribution in [0.5, 0.6) is 0 Å². The van der Waals surface area contributed by atoms with Gasteiger partial charge in [-0.25, -0.2) is 10.8 Å². The fraction of sp³-hybridized carbons (Fsp3) is 0.500. The van der Waals surface area contributed by atoms with Gasteiger partial charge in [-0.1, -0.05) is 0 Å². The van der Waals surface area contributed by atoms with Crippen molar-refractivity contribution < 1.29 is 18.0 Å². The summed E-state index contributed by atoms with van der Waals surface area (Å²) in [5, 5.41) is 5.34. The van der Waals surface area contributed by atoms with Crippen LogP contribution in [-0.2, 0) is 11.0 Å². The quantitative estimate of drug-likeness (QED) is 0.474. The molecule has 6 nitrogen and oxygen atoms in total. The lowest BCUT2D eigenvalue weighted by molar-refractivity contribution is -0.137. The van der Waals surface area contributed by atoms with Gasteiger partial charge in [-0.05, 0) is 26.0 Å². The molecule has 1 rings (SSSR count). The van der Waals surface area contributed by atoms with E-state index in [1.165, 1.54) is 0 Å². The van der Waals surface area contributed by atoms with Gasteiger partial charge in [0.25, 0.3) is 0 Å². The average molecular weight is 305 g/mol. The zero-order valence-electron chi connectivity index (χ0n) is 11.7. The fourth-order valence-corrected chi connectivity index (χ4v) is 1.56. The maximum absolute atomic E-state index is 12.7. The molecule has 1 heterocycles. The molecule has 0 aliphatic heterocycles. The van der Waals surface area contributed by atoms with Gasteiger partial charge < -0.3 is 16.1 Å². The summed E-state index contributed by atoms with van der Waals surface area (Å²) in [6.45, 7) is 3.80. The number of nitrogen functional groups attached to an aromatic ring is 1. The molecule has 0 saturated carbocycles. The predicted octanol–water partition coefficient (Wildman–Crippen LogP) is 1.71. The first kappa shape index (κ1) is 17.0. The molecule has 0 unspecified atom stereocenters. The molecule has 1 amide bonds. The van der Waals surface area contributed by atoms with Crippen LogP contribution >= 0.6 is 0 Å². The molecule has 0 saturated heterocycles. The Morgan fingerprint density at radius 1 is 1.33 bits per heavy atom. The maximum Gasteiger partial charge on any atom is 0.416 e. The minimum absolute atomic E-state index is 0.00452. The number of nitrogens with two attached hydrogens (primary N) is 1. The van der Waals surface area contributed by atoms with E-state index in [0.717, 1.165) is 12.1 Å². The predicted molar refractivity (Wildman–Crippen MR) is 73.4 cm³/mol. The first-order valence-electron chi connectivity index (χ1n) is 6.31. The summed E-state index contributed by atoms with van der Waals surface area (Å²) < 4.78 is 38.1. The molecule has 1 aromatic rings. The number of anilines is 2. The van der Waals surface area contributed by atoms with Crippen molar-refractivity contribution >= 4 is 17.5 Å². The Kier molecular flexibility index (Phi) is 5.77. The van der Waals surface area contributed by atoms with Crippen LogP contribution in [0.15, 0.2) is 12.1 Å². The zero-order chi connectivity index (χ0) is 16.0. The lowest BCUT2D eigenvalue weighted by Crippen LogP contribution is -2.31. The van der Waals surface area contributed by atoms with Gasteiger partial charge in [0.15, 0.2) is 0 Å². The summed E-state index contributed by atoms with van der Waals surface area (Å²) >= 11 is 0. The van der Waals surface area contributed by atoms with Crippen LogP contribution in [0.2, 0.25) is 0 Å². The highest BCUT2D eigenvalue weighted by Crippen LogP contribution is 2.31. The number of carbonyl (C=O) groups excluding carboxylic acids is 1. The van der Waals surface area contributed by atoms with Gasteiger partial charge in [0, 0.05) is 19.0 Å². The first-order chi connectivity index (χ1) is 9.72. The van der Waals surface area contributed by atoms with Crippen LogP contribution in [0.3, 0.4) is 0 Å². The minimum atomic E-state index is -4.50. The summed E-state index contributed by atoms with van der Waals surface area (Å²) in [4.78, 5) is 15.3. The van der Waals surface area contributed by atoms with Gasteiger partial charge in [0.2, 0.25) is 5.91 Å². The maximum atomic E-state index is 12.7. The number of nitrogens with one attached hydrogen (secondary N) is 3. The third-order valence-corrected chi connectivity index (χ3v) is 2.41. The van der Waals surface area contributed by atoms with E-state index >= 15 is 0 Å². The molecule has 0 radical (unpaired) electrons. The van der Waals surface area contributed by atoms with E-state index in [2.05, 4.69) is 21.0 Å². The van der Waals surface area contributed by atoms with E-state index in [9.17, 15) is 18.0 Å². The molecule has 5 N–H and O–H groups in total. The number of hydrogen-bond acceptors (Lipinski definition) is 5. The van der Waals surface area contributed by atoms with Crippen molar-refractivity contribution in [2.75, 3.05) is 17.3 Å². The van der Waals surface area contributed by atoms with Gasteiger partial charge in [0.05, 0.1) is 5.56 Å². The molecule has 0 aromatic carbocycles. The van der Waals surface area contributed by atoms with Crippen LogP contribution in [0, 0.1) is 0 Å². The summed E-state index contributed by atoms with van der Waals surface area (Å²) in [5.74, 6) is 4.78. The second kappa shape index (κ2) is 7.11. The Morgan fingerprint density at radius 2 is 1.95 bits per heavy atom. The summed E-state index contributed by atoms with van der Waals surface area (Å²) in [7, 11) is 0. The van der Waals surface area contributed by atoms with Crippen LogP contribution in [0.4, 0.5) is 24.8 Å². The summed E-state index contributed by atoms with van der Waals surface area (Å²) in [6.07, 6.45) is -4.37. The van der Waals surface area contributed by atoms with Crippen LogP contribution in [-0.4, -0.2) is 23.5 Å². The van der Waals surface area contributed by atoms with Crippen LogP contribution in [0.25, 0.3) is 0 Å². The molecule has 1 aromatic heterocycles. The Labute approximate surface area is 120 Å². The number of hydrogen-bond donors (Lipinski definition) is 4. The molecule has 0 atom stereocenters. The molecule has 0 bridgehead atoms. The molecule has 9 heteroatoms. The van der Waals surface area contributed by atoms with Gasteiger partial charge >= 0.3 is 6.18 Å². The van der Waals surface area contributed by atoms with Crippen molar-refractivity contribution in [2.45, 2.75) is 32.5 Å². The van der Waals surface area contributed by atoms with E-state index in [-0.39, 0.29) is 36.6 Å². The zero-order valence-corrected chi connectivity index (χ0v) is 11.7. The molecule has 118 valence electrons. The molecule has 21 heavy (non-hydrogen) atoms. The highest BCUT2D eigenvalue weighted by atomic mass is 19.4. The fourth-order valence-electron chi connectivity index (χ4n) is 1.56. The number of halogens is 3. The number of rotatable bonds is 6. The molecule has 0 aliphatic carbocycles. The molecule has 0 fully saturated rings. The minimum Gasteiger partial charge on any atom is -0.369 e. The smallest absolute Gasteiger partial charge is 0.369 e. The third-order valence-electron chi connectivity index (χ3n) is 2.41. The normalized spacial score (nSPS) is 11.4. The van der Waals surface area contributed by atoms with E-state index in [1.54, 1.807) is 0 Å². The average Bonchev–Trinajstić information content (AvgIpc) is 2.36. The Bertz CT molecular complexity index is 490. The Balaban J connectivity index is 2.68. The highest BCUT2D eigenvalue weighted by Gasteiger charge is 2.31. The molecule has 0 spiro atoms. The van der Waals surface area contributed by atoms with E-state index < -0.39 is 11.7 Å². The van der Waals surface area contributed by atoms with E-state index in [1.807, 2.05) is 13.8 Å². The van der Waals surface area contributed by atoms with Crippen LogP contribution in [0.1, 0.15) is 25.8 Å². The first-order valence-corrected chi connectivity index (χ1v) is 6.31. The second-order valence-electron chi connectivity index (χ2n) is 4.67. The van der Waals surface area contributed by atoms with E-state index in [4.69, 9.17) is 5.84 Å². The van der Waals surface area contributed by atoms with Crippen molar-refractivity contribution in [1.29, 1.82) is 0 Å². The number of nitrogens with zero attached hydrogens (tertiary/aromatic N) is 1. The van der Waals surface area contributed by atoms with Gasteiger partial charge in [-0.3, -0.25) is 4.79 Å². The van der Waals surface area contributed by atoms with E-state index in [0.29, 0.717) is 0 Å². The topological polar surface area (TPSA) is 92.1 Å².